The van der Waals surface area contributed by atoms with Crippen molar-refractivity contribution < 1.29 is 23.9 Å². The summed E-state index contributed by atoms with van der Waals surface area (Å²) in [4.78, 5) is 36.9. The predicted octanol–water partition coefficient (Wildman–Crippen LogP) is 20.3. The third-order valence-corrected chi connectivity index (χ3v) is 13.7. The fraction of sp³-hybridized carbons (Fsp3) is 0.891. The number of unbranched alkanes of at least 4 members (excludes halogenated alkanes) is 24. The topological polar surface area (TPSA) is 72.9 Å². The molecule has 6 nitrogen and oxygen atoms in total. The van der Waals surface area contributed by atoms with E-state index >= 15 is 0 Å². The van der Waals surface area contributed by atoms with E-state index in [0.717, 1.165) is 95.8 Å². The fourth-order valence-electron chi connectivity index (χ4n) is 9.28. The minimum absolute atomic E-state index is 0. The van der Waals surface area contributed by atoms with Crippen molar-refractivity contribution in [3.05, 3.63) is 25.3 Å². The van der Waals surface area contributed by atoms with Crippen molar-refractivity contribution in [1.82, 2.24) is 4.90 Å². The van der Waals surface area contributed by atoms with Gasteiger partial charge in [-0.2, -0.15) is 0 Å². The number of carbonyl (C=O) groups is 3. The maximum absolute atomic E-state index is 12.6. The molecule has 1 heterocycles. The maximum Gasteiger partial charge on any atom is 0.306 e. The summed E-state index contributed by atoms with van der Waals surface area (Å²) >= 11 is 0. The lowest BCUT2D eigenvalue weighted by atomic mass is 9.95. The van der Waals surface area contributed by atoms with Crippen molar-refractivity contribution in [3.63, 3.8) is 0 Å². The lowest BCUT2D eigenvalue weighted by Crippen LogP contribution is -2.34. The normalized spacial score (nSPS) is 14.2. The van der Waals surface area contributed by atoms with Gasteiger partial charge in [0.05, 0.1) is 6.61 Å². The van der Waals surface area contributed by atoms with E-state index in [-0.39, 0.29) is 25.3 Å². The molecule has 1 unspecified atom stereocenters. The summed E-state index contributed by atoms with van der Waals surface area (Å²) in [6.45, 7) is 30.6. The smallest absolute Gasteiger partial charge is 0.306 e. The molecule has 0 saturated carbocycles. The van der Waals surface area contributed by atoms with Gasteiger partial charge >= 0.3 is 5.97 Å². The Kier molecular flexibility index (Phi) is 65.7. The van der Waals surface area contributed by atoms with Crippen LogP contribution in [0.1, 0.15) is 320 Å². The standard InChI is InChI=1S/C38H73NO4.C15H30.C8H14O.C2H6.CH4/c1-5-7-9-11-14-20-26-37(27-21-15-12-10-8-6-2)43-38(41)28-22-16-13-17-24-30-42-33-36-31-34(3)32-39(36)29-23-18-19-25-35(4)40;1-4-7-9-11-13-15(6-3)14-12-10-8-5-2;1-3-5-6-7-8(9)4-2;1-2;/h34,36-37H,5-33H2,1-4H3;6,15H,3-5,7-14H2,1-2H3;4H,2-3,5-7H2,1H3;1-2H3;1H4/t34?,36-;;;;/m0..../s1. The second-order valence-corrected chi connectivity index (χ2v) is 20.6. The van der Waals surface area contributed by atoms with Gasteiger partial charge in [0.25, 0.3) is 0 Å². The first kappa shape index (κ1) is 74.7. The van der Waals surface area contributed by atoms with Gasteiger partial charge in [-0.15, -0.1) is 6.58 Å². The van der Waals surface area contributed by atoms with Crippen LogP contribution in [0.25, 0.3) is 0 Å². The molecule has 6 heteroatoms. The van der Waals surface area contributed by atoms with E-state index in [2.05, 4.69) is 65.7 Å². The molecular formula is C64H127NO5. The molecule has 0 spiro atoms. The summed E-state index contributed by atoms with van der Waals surface area (Å²) in [5.74, 6) is 2.05. The van der Waals surface area contributed by atoms with Gasteiger partial charge in [0.15, 0.2) is 5.78 Å². The lowest BCUT2D eigenvalue weighted by molar-refractivity contribution is -0.150. The zero-order chi connectivity index (χ0) is 51.9. The summed E-state index contributed by atoms with van der Waals surface area (Å²) in [5, 5.41) is 0. The number of hydrogen-bond donors (Lipinski definition) is 0. The quantitative estimate of drug-likeness (QED) is 0.0262. The van der Waals surface area contributed by atoms with Crippen LogP contribution in [0.2, 0.25) is 0 Å². The second-order valence-electron chi connectivity index (χ2n) is 20.6. The number of esters is 1. The van der Waals surface area contributed by atoms with Gasteiger partial charge in [-0.25, -0.2) is 0 Å². The summed E-state index contributed by atoms with van der Waals surface area (Å²) < 4.78 is 12.1. The summed E-state index contributed by atoms with van der Waals surface area (Å²) in [5.41, 5.74) is 0. The highest BCUT2D eigenvalue weighted by atomic mass is 16.5. The number of allylic oxidation sites excluding steroid dienone is 2. The summed E-state index contributed by atoms with van der Waals surface area (Å²) in [7, 11) is 0. The molecule has 1 aliphatic rings. The van der Waals surface area contributed by atoms with Crippen molar-refractivity contribution in [2.75, 3.05) is 26.3 Å². The van der Waals surface area contributed by atoms with Gasteiger partial charge < -0.3 is 14.3 Å². The van der Waals surface area contributed by atoms with Gasteiger partial charge in [-0.3, -0.25) is 14.5 Å². The molecule has 1 aliphatic heterocycles. The molecular weight excluding hydrogens is 863 g/mol. The van der Waals surface area contributed by atoms with Crippen LogP contribution in [0.15, 0.2) is 25.3 Å². The fourth-order valence-corrected chi connectivity index (χ4v) is 9.28. The van der Waals surface area contributed by atoms with Crippen LogP contribution in [0.5, 0.6) is 0 Å². The summed E-state index contributed by atoms with van der Waals surface area (Å²) in [6, 6.07) is 0.555. The number of ketones is 2. The average molecular weight is 991 g/mol. The van der Waals surface area contributed by atoms with Crippen LogP contribution in [-0.4, -0.2) is 60.9 Å². The first-order valence-electron chi connectivity index (χ1n) is 30.4. The molecule has 0 N–H and O–H groups in total. The molecule has 1 fully saturated rings. The molecule has 1 saturated heterocycles. The Hall–Kier alpha value is -1.79. The van der Waals surface area contributed by atoms with E-state index < -0.39 is 0 Å². The minimum Gasteiger partial charge on any atom is -0.462 e. The molecule has 418 valence electrons. The van der Waals surface area contributed by atoms with Gasteiger partial charge in [-0.05, 0) is 108 Å². The third-order valence-electron chi connectivity index (χ3n) is 13.7. The van der Waals surface area contributed by atoms with E-state index in [4.69, 9.17) is 9.47 Å². The second kappa shape index (κ2) is 61.5. The lowest BCUT2D eigenvalue weighted by Gasteiger charge is -2.24. The largest absolute Gasteiger partial charge is 0.462 e. The van der Waals surface area contributed by atoms with E-state index in [1.165, 1.54) is 186 Å². The zero-order valence-electron chi connectivity index (χ0n) is 48.3. The molecule has 70 heavy (non-hydrogen) atoms. The van der Waals surface area contributed by atoms with Crippen molar-refractivity contribution in [1.29, 1.82) is 0 Å². The first-order valence-corrected chi connectivity index (χ1v) is 30.4. The highest BCUT2D eigenvalue weighted by Gasteiger charge is 2.29. The highest BCUT2D eigenvalue weighted by Crippen LogP contribution is 2.24. The first-order chi connectivity index (χ1) is 33.6. The van der Waals surface area contributed by atoms with Gasteiger partial charge in [-0.1, -0.05) is 230 Å². The van der Waals surface area contributed by atoms with Gasteiger partial charge in [0.2, 0.25) is 0 Å². The Balaban J connectivity index is -0.000000658. The highest BCUT2D eigenvalue weighted by molar-refractivity contribution is 5.88. The molecule has 0 aromatic heterocycles. The van der Waals surface area contributed by atoms with E-state index in [9.17, 15) is 14.4 Å². The van der Waals surface area contributed by atoms with Crippen LogP contribution < -0.4 is 0 Å². The van der Waals surface area contributed by atoms with E-state index in [1.54, 1.807) is 6.92 Å². The van der Waals surface area contributed by atoms with Crippen LogP contribution in [0, 0.1) is 11.8 Å². The maximum atomic E-state index is 12.6. The zero-order valence-corrected chi connectivity index (χ0v) is 48.3. The molecule has 0 aromatic carbocycles. The Bertz CT molecular complexity index is 1060. The number of carbonyl (C=O) groups excluding carboxylic acids is 3. The molecule has 0 radical (unpaired) electrons. The van der Waals surface area contributed by atoms with Gasteiger partial charge in [0.1, 0.15) is 11.9 Å². The van der Waals surface area contributed by atoms with Crippen LogP contribution in [0.3, 0.4) is 0 Å². The Morgan fingerprint density at radius 3 is 1.47 bits per heavy atom. The number of hydrogen-bond acceptors (Lipinski definition) is 6. The average Bonchev–Trinajstić information content (AvgIpc) is 3.71. The van der Waals surface area contributed by atoms with E-state index in [0.29, 0.717) is 24.7 Å². The van der Waals surface area contributed by atoms with Crippen LogP contribution in [0.4, 0.5) is 0 Å². The van der Waals surface area contributed by atoms with E-state index in [1.807, 2.05) is 13.8 Å². The van der Waals surface area contributed by atoms with Crippen molar-refractivity contribution >= 4 is 17.5 Å². The molecule has 1 rings (SSSR count). The molecule has 0 aromatic rings. The Morgan fingerprint density at radius 2 is 0.971 bits per heavy atom. The Labute approximate surface area is 440 Å². The van der Waals surface area contributed by atoms with Crippen LogP contribution >= 0.6 is 0 Å². The number of ether oxygens (including phenoxy) is 2. The molecule has 2 atom stereocenters. The number of nitrogens with zero attached hydrogens (tertiary/aromatic N) is 1. The van der Waals surface area contributed by atoms with Crippen molar-refractivity contribution in [3.8, 4) is 0 Å². The van der Waals surface area contributed by atoms with Crippen molar-refractivity contribution in [2.45, 2.75) is 332 Å². The number of likely N-dealkylation sites (tertiary alicyclic amines) is 1. The monoisotopic (exact) mass is 990 g/mol. The number of Topliss-reactive ketones (excluding diaryl/α,β-unsaturated/α-hetero) is 1. The Morgan fingerprint density at radius 1 is 0.557 bits per heavy atom. The van der Waals surface area contributed by atoms with Crippen LogP contribution in [-0.2, 0) is 23.9 Å². The van der Waals surface area contributed by atoms with Crippen molar-refractivity contribution in [2.24, 2.45) is 11.8 Å². The third kappa shape index (κ3) is 55.5. The molecule has 0 amide bonds. The molecule has 0 bridgehead atoms. The SMILES string of the molecule is C.C=CC(=O)CCCCC.C=CC(CCCCCC)CCCCCC.CC.CCCCCCCCC(CCCCCCCC)OC(=O)CCCCCCCOC[C@@H]1CC(C)CN1CCCCCC(C)=O. The predicted molar refractivity (Wildman–Crippen MR) is 311 cm³/mol. The summed E-state index contributed by atoms with van der Waals surface area (Å²) in [6.07, 6.45) is 50.6. The minimum atomic E-state index is 0. The number of rotatable bonds is 47. The molecule has 0 aliphatic carbocycles. The van der Waals surface area contributed by atoms with Gasteiger partial charge in [0, 0.05) is 38.5 Å².